The average molecular weight is 265 g/mol. The molecule has 4 heteroatoms. The lowest BCUT2D eigenvalue weighted by Gasteiger charge is -2.13. The van der Waals surface area contributed by atoms with E-state index >= 15 is 0 Å². The fourth-order valence-corrected chi connectivity index (χ4v) is 2.18. The van der Waals surface area contributed by atoms with Gasteiger partial charge in [-0.15, -0.1) is 0 Å². The molecule has 2 N–H and O–H groups in total. The largest absolute Gasteiger partial charge is 0.497 e. The molecule has 0 bridgehead atoms. The van der Waals surface area contributed by atoms with Crippen LogP contribution < -0.4 is 10.5 Å². The highest BCUT2D eigenvalue weighted by molar-refractivity contribution is 5.74. The lowest BCUT2D eigenvalue weighted by molar-refractivity contribution is 0.414. The van der Waals surface area contributed by atoms with Crippen molar-refractivity contribution in [3.63, 3.8) is 0 Å². The van der Waals surface area contributed by atoms with Crippen molar-refractivity contribution in [2.75, 3.05) is 7.11 Å². The van der Waals surface area contributed by atoms with E-state index in [1.165, 1.54) is 0 Å². The third-order valence-electron chi connectivity index (χ3n) is 3.33. The van der Waals surface area contributed by atoms with Gasteiger partial charge in [-0.3, -0.25) is 9.97 Å². The number of hydrogen-bond acceptors (Lipinski definition) is 4. The number of nitrogens with zero attached hydrogens (tertiary/aromatic N) is 2. The van der Waals surface area contributed by atoms with Gasteiger partial charge in [0, 0.05) is 12.4 Å². The predicted octanol–water partition coefficient (Wildman–Crippen LogP) is 2.69. The van der Waals surface area contributed by atoms with Crippen molar-refractivity contribution in [2.45, 2.75) is 6.04 Å². The third kappa shape index (κ3) is 2.33. The van der Waals surface area contributed by atoms with Crippen LogP contribution in [0.3, 0.4) is 0 Å². The molecule has 2 aromatic carbocycles. The Morgan fingerprint density at radius 2 is 1.55 bits per heavy atom. The second-order valence-electron chi connectivity index (χ2n) is 4.56. The molecule has 3 rings (SSSR count). The van der Waals surface area contributed by atoms with Gasteiger partial charge in [0.1, 0.15) is 5.75 Å². The van der Waals surface area contributed by atoms with Crippen LogP contribution in [0.5, 0.6) is 5.75 Å². The summed E-state index contributed by atoms with van der Waals surface area (Å²) in [7, 11) is 1.65. The number of benzene rings is 2. The second kappa shape index (κ2) is 5.27. The lowest BCUT2D eigenvalue weighted by Crippen LogP contribution is -2.11. The van der Waals surface area contributed by atoms with Gasteiger partial charge >= 0.3 is 0 Å². The Morgan fingerprint density at radius 3 is 2.25 bits per heavy atom. The average Bonchev–Trinajstić information content (AvgIpc) is 2.54. The summed E-state index contributed by atoms with van der Waals surface area (Å²) in [4.78, 5) is 8.56. The minimum Gasteiger partial charge on any atom is -0.497 e. The van der Waals surface area contributed by atoms with Gasteiger partial charge in [0.05, 0.1) is 24.2 Å². The maximum atomic E-state index is 6.31. The van der Waals surface area contributed by atoms with Crippen LogP contribution in [0, 0.1) is 0 Å². The van der Waals surface area contributed by atoms with Crippen molar-refractivity contribution in [3.05, 3.63) is 66.0 Å². The van der Waals surface area contributed by atoms with Crippen LogP contribution in [0.15, 0.2) is 54.9 Å². The lowest BCUT2D eigenvalue weighted by atomic mass is 9.99. The van der Waals surface area contributed by atoms with Crippen molar-refractivity contribution in [1.82, 2.24) is 9.97 Å². The molecule has 0 fully saturated rings. The first kappa shape index (κ1) is 12.6. The van der Waals surface area contributed by atoms with Crippen molar-refractivity contribution >= 4 is 11.0 Å². The Kier molecular flexibility index (Phi) is 3.31. The minimum absolute atomic E-state index is 0.188. The topological polar surface area (TPSA) is 61.0 Å². The van der Waals surface area contributed by atoms with E-state index in [4.69, 9.17) is 10.5 Å². The van der Waals surface area contributed by atoms with Crippen LogP contribution in [-0.4, -0.2) is 17.1 Å². The van der Waals surface area contributed by atoms with Crippen molar-refractivity contribution in [3.8, 4) is 5.75 Å². The molecule has 0 radical (unpaired) electrons. The summed E-state index contributed by atoms with van der Waals surface area (Å²) in [6, 6.07) is 13.5. The number of ether oxygens (including phenoxy) is 1. The molecule has 0 saturated heterocycles. The highest BCUT2D eigenvalue weighted by Gasteiger charge is 2.10. The SMILES string of the molecule is COc1ccc(C(N)c2ccc3nccnc3c2)cc1. The first-order chi connectivity index (χ1) is 9.78. The van der Waals surface area contributed by atoms with Crippen LogP contribution >= 0.6 is 0 Å². The smallest absolute Gasteiger partial charge is 0.118 e. The van der Waals surface area contributed by atoms with E-state index in [9.17, 15) is 0 Å². The second-order valence-corrected chi connectivity index (χ2v) is 4.56. The molecular formula is C16H15N3O. The summed E-state index contributed by atoms with van der Waals surface area (Å²) < 4.78 is 5.15. The number of hydrogen-bond donors (Lipinski definition) is 1. The summed E-state index contributed by atoms with van der Waals surface area (Å²) in [5, 5.41) is 0. The van der Waals surface area contributed by atoms with Crippen molar-refractivity contribution in [1.29, 1.82) is 0 Å². The number of methoxy groups -OCH3 is 1. The standard InChI is InChI=1S/C16H15N3O/c1-20-13-5-2-11(3-6-13)16(17)12-4-7-14-15(10-12)19-9-8-18-14/h2-10,16H,17H2,1H3. The van der Waals surface area contributed by atoms with E-state index < -0.39 is 0 Å². The summed E-state index contributed by atoms with van der Waals surface area (Å²) in [6.45, 7) is 0. The third-order valence-corrected chi connectivity index (χ3v) is 3.33. The summed E-state index contributed by atoms with van der Waals surface area (Å²) in [6.07, 6.45) is 3.37. The molecule has 1 unspecified atom stereocenters. The van der Waals surface area contributed by atoms with Gasteiger partial charge in [0.2, 0.25) is 0 Å². The van der Waals surface area contributed by atoms with Gasteiger partial charge < -0.3 is 10.5 Å². The summed E-state index contributed by atoms with van der Waals surface area (Å²) in [5.74, 6) is 0.824. The molecule has 1 aromatic heterocycles. The van der Waals surface area contributed by atoms with Gasteiger partial charge in [0.25, 0.3) is 0 Å². The van der Waals surface area contributed by atoms with Crippen molar-refractivity contribution < 1.29 is 4.74 Å². The maximum absolute atomic E-state index is 6.31. The fraction of sp³-hybridized carbons (Fsp3) is 0.125. The van der Waals surface area contributed by atoms with Gasteiger partial charge in [0.15, 0.2) is 0 Å². The first-order valence-corrected chi connectivity index (χ1v) is 6.38. The first-order valence-electron chi connectivity index (χ1n) is 6.38. The zero-order chi connectivity index (χ0) is 13.9. The molecule has 1 atom stereocenters. The van der Waals surface area contributed by atoms with E-state index in [1.807, 2.05) is 42.5 Å². The van der Waals surface area contributed by atoms with Crippen LogP contribution in [0.25, 0.3) is 11.0 Å². The van der Waals surface area contributed by atoms with E-state index in [2.05, 4.69) is 9.97 Å². The Hall–Kier alpha value is -2.46. The van der Waals surface area contributed by atoms with E-state index in [1.54, 1.807) is 19.5 Å². The zero-order valence-corrected chi connectivity index (χ0v) is 11.2. The Morgan fingerprint density at radius 1 is 0.900 bits per heavy atom. The van der Waals surface area contributed by atoms with Crippen LogP contribution in [-0.2, 0) is 0 Å². The Bertz CT molecular complexity index is 725. The number of nitrogens with two attached hydrogens (primary N) is 1. The molecule has 3 aromatic rings. The molecule has 20 heavy (non-hydrogen) atoms. The molecule has 0 spiro atoms. The maximum Gasteiger partial charge on any atom is 0.118 e. The molecule has 100 valence electrons. The van der Waals surface area contributed by atoms with Gasteiger partial charge in [-0.05, 0) is 35.4 Å². The van der Waals surface area contributed by atoms with E-state index in [0.29, 0.717) is 0 Å². The van der Waals surface area contributed by atoms with E-state index in [0.717, 1.165) is 27.9 Å². The van der Waals surface area contributed by atoms with Crippen molar-refractivity contribution in [2.24, 2.45) is 5.73 Å². The van der Waals surface area contributed by atoms with Crippen LogP contribution in [0.4, 0.5) is 0 Å². The quantitative estimate of drug-likeness (QED) is 0.791. The van der Waals surface area contributed by atoms with Gasteiger partial charge in [-0.2, -0.15) is 0 Å². The molecule has 4 nitrogen and oxygen atoms in total. The number of aromatic nitrogens is 2. The number of rotatable bonds is 3. The molecular weight excluding hydrogens is 250 g/mol. The highest BCUT2D eigenvalue weighted by Crippen LogP contribution is 2.23. The minimum atomic E-state index is -0.188. The number of fused-ring (bicyclic) bond motifs is 1. The van der Waals surface area contributed by atoms with Crippen LogP contribution in [0.2, 0.25) is 0 Å². The molecule has 0 aliphatic heterocycles. The van der Waals surface area contributed by atoms with Gasteiger partial charge in [-0.1, -0.05) is 18.2 Å². The highest BCUT2D eigenvalue weighted by atomic mass is 16.5. The van der Waals surface area contributed by atoms with E-state index in [-0.39, 0.29) is 6.04 Å². The zero-order valence-electron chi connectivity index (χ0n) is 11.2. The fourth-order valence-electron chi connectivity index (χ4n) is 2.18. The van der Waals surface area contributed by atoms with Gasteiger partial charge in [-0.25, -0.2) is 0 Å². The molecule has 1 heterocycles. The monoisotopic (exact) mass is 265 g/mol. The normalized spacial score (nSPS) is 12.3. The molecule has 0 amide bonds. The predicted molar refractivity (Wildman–Crippen MR) is 78.6 cm³/mol. The molecule has 0 saturated carbocycles. The summed E-state index contributed by atoms with van der Waals surface area (Å²) in [5.41, 5.74) is 10.1. The Labute approximate surface area is 117 Å². The molecule has 0 aliphatic rings. The summed E-state index contributed by atoms with van der Waals surface area (Å²) >= 11 is 0. The Balaban J connectivity index is 1.96. The molecule has 0 aliphatic carbocycles. The van der Waals surface area contributed by atoms with Crippen LogP contribution in [0.1, 0.15) is 17.2 Å².